The lowest BCUT2D eigenvalue weighted by Crippen LogP contribution is -2.15. The van der Waals surface area contributed by atoms with E-state index in [4.69, 9.17) is 0 Å². The van der Waals surface area contributed by atoms with Gasteiger partial charge < -0.3 is 5.32 Å². The second kappa shape index (κ2) is 9.45. The van der Waals surface area contributed by atoms with E-state index < -0.39 is 11.7 Å². The minimum atomic E-state index is -3.04. The number of aryl methyl sites for hydroxylation is 1. The summed E-state index contributed by atoms with van der Waals surface area (Å²) in [5.74, 6) is -2.77. The van der Waals surface area contributed by atoms with E-state index in [1.165, 1.54) is 48.5 Å². The molecule has 0 atom stereocenters. The molecule has 0 bridgehead atoms. The lowest BCUT2D eigenvalue weighted by atomic mass is 9.94. The van der Waals surface area contributed by atoms with Gasteiger partial charge in [0.05, 0.1) is 0 Å². The average Bonchev–Trinajstić information content (AvgIpc) is 3.43. The summed E-state index contributed by atoms with van der Waals surface area (Å²) in [6.07, 6.45) is 11.1. The van der Waals surface area contributed by atoms with Crippen LogP contribution in [0.1, 0.15) is 60.0 Å². The first-order chi connectivity index (χ1) is 15.3. The number of halogens is 2. The van der Waals surface area contributed by atoms with Gasteiger partial charge in [0.2, 0.25) is 0 Å². The van der Waals surface area contributed by atoms with Crippen molar-refractivity contribution in [2.24, 2.45) is 5.92 Å². The van der Waals surface area contributed by atoms with Crippen molar-refractivity contribution in [3.05, 3.63) is 70.8 Å². The van der Waals surface area contributed by atoms with Gasteiger partial charge in [0, 0.05) is 53.8 Å². The van der Waals surface area contributed by atoms with Crippen LogP contribution in [0.25, 0.3) is 16.3 Å². The van der Waals surface area contributed by atoms with E-state index in [-0.39, 0.29) is 0 Å². The highest BCUT2D eigenvalue weighted by Crippen LogP contribution is 2.32. The third kappa shape index (κ3) is 5.57. The maximum Gasteiger partial charge on any atom is 0.303 e. The molecule has 4 rings (SSSR count). The molecule has 0 radical (unpaired) electrons. The molecular formula is C25H28F2N4S. The fourth-order valence-corrected chi connectivity index (χ4v) is 4.88. The topological polar surface area (TPSA) is 50.7 Å². The molecule has 7 heteroatoms. The molecule has 1 N–H and O–H groups in total. The van der Waals surface area contributed by atoms with Crippen molar-refractivity contribution in [1.29, 1.82) is 0 Å². The first kappa shape index (κ1) is 22.5. The second-order valence-corrected chi connectivity index (χ2v) is 9.92. The molecule has 0 aliphatic heterocycles. The van der Waals surface area contributed by atoms with Crippen LogP contribution in [0.5, 0.6) is 0 Å². The van der Waals surface area contributed by atoms with E-state index in [0.717, 1.165) is 46.7 Å². The fraction of sp³-hybridized carbons (Fsp3) is 0.400. The molecule has 1 aliphatic rings. The summed E-state index contributed by atoms with van der Waals surface area (Å²) in [5.41, 5.74) is 4.92. The standard InChI is InChI=1S/C25H28F2N4S/c1-16-12-29-23(32-16)22-10-19(8-18-6-4-5-7-18)9-21(11-22)17(2)28-13-20-14-30-24(31-15-20)25(3,26)27/h9-12,14-15,18,28H,2,4-8,13H2,1,3H3. The Labute approximate surface area is 191 Å². The Hall–Kier alpha value is -2.67. The van der Waals surface area contributed by atoms with Gasteiger partial charge in [-0.2, -0.15) is 8.78 Å². The summed E-state index contributed by atoms with van der Waals surface area (Å²) >= 11 is 1.69. The smallest absolute Gasteiger partial charge is 0.303 e. The normalized spacial score (nSPS) is 14.6. The Morgan fingerprint density at radius 2 is 1.81 bits per heavy atom. The molecule has 2 heterocycles. The molecule has 0 spiro atoms. The fourth-order valence-electron chi connectivity index (χ4n) is 4.13. The van der Waals surface area contributed by atoms with Gasteiger partial charge in [-0.3, -0.25) is 0 Å². The van der Waals surface area contributed by atoms with E-state index in [0.29, 0.717) is 6.54 Å². The molecule has 1 aliphatic carbocycles. The summed E-state index contributed by atoms with van der Waals surface area (Å²) in [5, 5.41) is 4.31. The Morgan fingerprint density at radius 3 is 2.44 bits per heavy atom. The van der Waals surface area contributed by atoms with E-state index in [1.807, 2.05) is 6.20 Å². The molecule has 1 saturated carbocycles. The molecule has 0 amide bonds. The third-order valence-corrected chi connectivity index (χ3v) is 6.77. The summed E-state index contributed by atoms with van der Waals surface area (Å²) in [6.45, 7) is 7.49. The molecule has 3 aromatic rings. The van der Waals surface area contributed by atoms with Crippen molar-refractivity contribution in [3.8, 4) is 10.6 Å². The van der Waals surface area contributed by atoms with Gasteiger partial charge in [-0.1, -0.05) is 32.3 Å². The summed E-state index contributed by atoms with van der Waals surface area (Å²) in [7, 11) is 0. The Balaban J connectivity index is 1.52. The van der Waals surface area contributed by atoms with Crippen molar-refractivity contribution in [2.45, 2.75) is 58.4 Å². The van der Waals surface area contributed by atoms with Gasteiger partial charge in [-0.05, 0) is 48.6 Å². The van der Waals surface area contributed by atoms with E-state index in [1.54, 1.807) is 11.3 Å². The zero-order valence-corrected chi connectivity index (χ0v) is 19.3. The van der Waals surface area contributed by atoms with Crippen molar-refractivity contribution in [2.75, 3.05) is 0 Å². The van der Waals surface area contributed by atoms with Crippen LogP contribution >= 0.6 is 11.3 Å². The van der Waals surface area contributed by atoms with Gasteiger partial charge in [0.25, 0.3) is 0 Å². The van der Waals surface area contributed by atoms with Gasteiger partial charge in [-0.25, -0.2) is 15.0 Å². The molecule has 0 saturated heterocycles. The number of hydrogen-bond donors (Lipinski definition) is 1. The van der Waals surface area contributed by atoms with Crippen LogP contribution < -0.4 is 5.32 Å². The number of aromatic nitrogens is 3. The quantitative estimate of drug-likeness (QED) is 0.421. The molecular weight excluding hydrogens is 426 g/mol. The Morgan fingerprint density at radius 1 is 1.09 bits per heavy atom. The molecule has 4 nitrogen and oxygen atoms in total. The largest absolute Gasteiger partial charge is 0.381 e. The predicted molar refractivity (Wildman–Crippen MR) is 125 cm³/mol. The number of hydrogen-bond acceptors (Lipinski definition) is 5. The zero-order valence-electron chi connectivity index (χ0n) is 18.5. The van der Waals surface area contributed by atoms with Crippen LogP contribution in [0, 0.1) is 12.8 Å². The van der Waals surface area contributed by atoms with Crippen LogP contribution in [0.15, 0.2) is 43.4 Å². The lowest BCUT2D eigenvalue weighted by Gasteiger charge is -2.15. The minimum Gasteiger partial charge on any atom is -0.381 e. The molecule has 2 aromatic heterocycles. The van der Waals surface area contributed by atoms with Crippen molar-refractivity contribution in [3.63, 3.8) is 0 Å². The van der Waals surface area contributed by atoms with Crippen LogP contribution in [0.3, 0.4) is 0 Å². The van der Waals surface area contributed by atoms with Crippen molar-refractivity contribution < 1.29 is 8.78 Å². The van der Waals surface area contributed by atoms with Crippen molar-refractivity contribution in [1.82, 2.24) is 20.3 Å². The van der Waals surface area contributed by atoms with E-state index >= 15 is 0 Å². The number of rotatable bonds is 8. The number of alkyl halides is 2. The highest BCUT2D eigenvalue weighted by Gasteiger charge is 2.27. The zero-order chi connectivity index (χ0) is 22.7. The van der Waals surface area contributed by atoms with Gasteiger partial charge in [0.15, 0.2) is 5.82 Å². The SMILES string of the molecule is C=C(NCc1cnc(C(C)(F)F)nc1)c1cc(CC2CCCC2)cc(-c2ncc(C)s2)c1. The molecule has 0 unspecified atom stereocenters. The molecule has 1 aromatic carbocycles. The number of nitrogens with zero attached hydrogens (tertiary/aromatic N) is 3. The van der Waals surface area contributed by atoms with E-state index in [9.17, 15) is 8.78 Å². The van der Waals surface area contributed by atoms with Gasteiger partial charge in [0.1, 0.15) is 5.01 Å². The second-order valence-electron chi connectivity index (χ2n) is 8.68. The average molecular weight is 455 g/mol. The molecule has 168 valence electrons. The molecule has 32 heavy (non-hydrogen) atoms. The summed E-state index contributed by atoms with van der Waals surface area (Å²) < 4.78 is 26.7. The van der Waals surface area contributed by atoms with Crippen LogP contribution in [-0.4, -0.2) is 15.0 Å². The Bertz CT molecular complexity index is 1080. The van der Waals surface area contributed by atoms with Gasteiger partial charge in [-0.15, -0.1) is 11.3 Å². The summed E-state index contributed by atoms with van der Waals surface area (Å²) in [6, 6.07) is 6.57. The first-order valence-corrected chi connectivity index (χ1v) is 11.8. The Kier molecular flexibility index (Phi) is 6.65. The maximum absolute atomic E-state index is 13.3. The van der Waals surface area contributed by atoms with Crippen LogP contribution in [0.4, 0.5) is 8.78 Å². The number of thiazole rings is 1. The lowest BCUT2D eigenvalue weighted by molar-refractivity contribution is 0.00762. The minimum absolute atomic E-state index is 0.410. The van der Waals surface area contributed by atoms with Crippen LogP contribution in [-0.2, 0) is 18.9 Å². The number of benzene rings is 1. The van der Waals surface area contributed by atoms with Crippen LogP contribution in [0.2, 0.25) is 0 Å². The monoisotopic (exact) mass is 454 g/mol. The predicted octanol–water partition coefficient (Wildman–Crippen LogP) is 6.51. The molecule has 1 fully saturated rings. The highest BCUT2D eigenvalue weighted by molar-refractivity contribution is 7.14. The maximum atomic E-state index is 13.3. The summed E-state index contributed by atoms with van der Waals surface area (Å²) in [4.78, 5) is 13.3. The first-order valence-electron chi connectivity index (χ1n) is 11.0. The van der Waals surface area contributed by atoms with E-state index in [2.05, 4.69) is 52.0 Å². The van der Waals surface area contributed by atoms with Gasteiger partial charge >= 0.3 is 5.92 Å². The number of nitrogens with one attached hydrogen (secondary N) is 1. The third-order valence-electron chi connectivity index (χ3n) is 5.81. The highest BCUT2D eigenvalue weighted by atomic mass is 32.1. The van der Waals surface area contributed by atoms with Crippen molar-refractivity contribution >= 4 is 17.0 Å².